The number of hydrogen-bond acceptors (Lipinski definition) is 4. The van der Waals surface area contributed by atoms with Crippen LogP contribution in [0.5, 0.6) is 0 Å². The lowest BCUT2D eigenvalue weighted by atomic mass is 9.90. The number of amides is 2. The average Bonchev–Trinajstić information content (AvgIpc) is 3.06. The van der Waals surface area contributed by atoms with E-state index < -0.39 is 6.09 Å². The first kappa shape index (κ1) is 19.1. The topological polar surface area (TPSA) is 66.8 Å². The summed E-state index contributed by atoms with van der Waals surface area (Å²) < 4.78 is 5.17. The second-order valence-electron chi connectivity index (χ2n) is 6.86. The Balaban J connectivity index is 1.72. The Bertz CT molecular complexity index is 747. The number of imide groups is 1. The molecule has 142 valence electrons. The number of benzene rings is 2. The number of cyclic esters (lactones) is 1. The smallest absolute Gasteiger partial charge is 0.416 e. The Hall–Kier alpha value is -2.66. The minimum Gasteiger partial charge on any atom is -0.447 e. The molecule has 1 aliphatic rings. The zero-order valence-electron chi connectivity index (χ0n) is 15.3. The molecule has 3 rings (SSSR count). The van der Waals surface area contributed by atoms with Crippen LogP contribution in [0, 0.1) is 0 Å². The summed E-state index contributed by atoms with van der Waals surface area (Å²) in [6.45, 7) is 0.312. The highest BCUT2D eigenvalue weighted by atomic mass is 16.6. The van der Waals surface area contributed by atoms with Crippen LogP contribution in [0.3, 0.4) is 0 Å². The molecule has 2 aromatic rings. The Kier molecular flexibility index (Phi) is 6.60. The van der Waals surface area contributed by atoms with E-state index in [-0.39, 0.29) is 37.5 Å². The second kappa shape index (κ2) is 9.33. The van der Waals surface area contributed by atoms with Gasteiger partial charge in [-0.05, 0) is 36.3 Å². The van der Waals surface area contributed by atoms with Gasteiger partial charge in [-0.2, -0.15) is 0 Å². The number of nitrogens with zero attached hydrogens (tertiary/aromatic N) is 1. The molecule has 1 N–H and O–H groups in total. The van der Waals surface area contributed by atoms with Crippen LogP contribution in [0.2, 0.25) is 0 Å². The molecule has 1 heterocycles. The van der Waals surface area contributed by atoms with Gasteiger partial charge in [0.2, 0.25) is 5.91 Å². The number of rotatable bonds is 8. The highest BCUT2D eigenvalue weighted by Crippen LogP contribution is 2.28. The fourth-order valence-corrected chi connectivity index (χ4v) is 3.56. The fraction of sp³-hybridized carbons (Fsp3) is 0.364. The molecule has 1 aliphatic heterocycles. The maximum Gasteiger partial charge on any atom is 0.416 e. The molecule has 0 bridgehead atoms. The van der Waals surface area contributed by atoms with E-state index in [1.807, 2.05) is 60.7 Å². The van der Waals surface area contributed by atoms with E-state index in [0.29, 0.717) is 19.3 Å². The molecule has 2 atom stereocenters. The predicted octanol–water partition coefficient (Wildman–Crippen LogP) is 3.52. The lowest BCUT2D eigenvalue weighted by molar-refractivity contribution is -0.129. The van der Waals surface area contributed by atoms with Crippen LogP contribution in [0.25, 0.3) is 0 Å². The van der Waals surface area contributed by atoms with Gasteiger partial charge in [-0.15, -0.1) is 0 Å². The molecule has 0 aliphatic carbocycles. The quantitative estimate of drug-likeness (QED) is 0.775. The predicted molar refractivity (Wildman–Crippen MR) is 102 cm³/mol. The monoisotopic (exact) mass is 367 g/mol. The fourth-order valence-electron chi connectivity index (χ4n) is 3.56. The van der Waals surface area contributed by atoms with Crippen molar-refractivity contribution >= 4 is 12.0 Å². The van der Waals surface area contributed by atoms with Crippen molar-refractivity contribution in [1.29, 1.82) is 0 Å². The van der Waals surface area contributed by atoms with Crippen LogP contribution in [0.4, 0.5) is 4.79 Å². The van der Waals surface area contributed by atoms with Gasteiger partial charge < -0.3 is 9.84 Å². The van der Waals surface area contributed by atoms with E-state index in [9.17, 15) is 14.7 Å². The van der Waals surface area contributed by atoms with Gasteiger partial charge in [-0.3, -0.25) is 4.79 Å². The molecule has 0 aromatic heterocycles. The van der Waals surface area contributed by atoms with E-state index in [1.54, 1.807) is 0 Å². The third-order valence-corrected chi connectivity index (χ3v) is 4.95. The molecule has 0 unspecified atom stereocenters. The molecule has 0 spiro atoms. The molecular weight excluding hydrogens is 342 g/mol. The molecule has 0 saturated carbocycles. The summed E-state index contributed by atoms with van der Waals surface area (Å²) >= 11 is 0. The summed E-state index contributed by atoms with van der Waals surface area (Å²) in [4.78, 5) is 26.4. The molecule has 1 fully saturated rings. The van der Waals surface area contributed by atoms with Crippen molar-refractivity contribution < 1.29 is 19.4 Å². The van der Waals surface area contributed by atoms with E-state index in [1.165, 1.54) is 4.90 Å². The summed E-state index contributed by atoms with van der Waals surface area (Å²) in [6, 6.07) is 19.3. The van der Waals surface area contributed by atoms with Crippen molar-refractivity contribution in [3.8, 4) is 0 Å². The molecule has 2 aromatic carbocycles. The van der Waals surface area contributed by atoms with Gasteiger partial charge in [0.05, 0.1) is 6.04 Å². The van der Waals surface area contributed by atoms with Gasteiger partial charge >= 0.3 is 6.09 Å². The third kappa shape index (κ3) is 4.95. The Morgan fingerprint density at radius 2 is 1.78 bits per heavy atom. The summed E-state index contributed by atoms with van der Waals surface area (Å²) in [7, 11) is 0. The van der Waals surface area contributed by atoms with Crippen molar-refractivity contribution in [1.82, 2.24) is 4.90 Å². The van der Waals surface area contributed by atoms with Gasteiger partial charge in [0, 0.05) is 13.0 Å². The first-order valence-electron chi connectivity index (χ1n) is 9.37. The molecule has 2 amide bonds. The SMILES string of the molecule is O=C(C[C@H](CCCO)c1ccccc1)N1C(=O)OC[C@@H]1Cc1ccccc1. The largest absolute Gasteiger partial charge is 0.447 e. The number of ether oxygens (including phenoxy) is 1. The second-order valence-corrected chi connectivity index (χ2v) is 6.86. The summed E-state index contributed by atoms with van der Waals surface area (Å²) in [5.41, 5.74) is 2.12. The van der Waals surface area contributed by atoms with Crippen molar-refractivity contribution in [3.63, 3.8) is 0 Å². The van der Waals surface area contributed by atoms with Gasteiger partial charge in [0.25, 0.3) is 0 Å². The molecule has 27 heavy (non-hydrogen) atoms. The number of carbonyl (C=O) groups excluding carboxylic acids is 2. The van der Waals surface area contributed by atoms with E-state index >= 15 is 0 Å². The summed E-state index contributed by atoms with van der Waals surface area (Å²) in [6.07, 6.45) is 1.56. The first-order valence-corrected chi connectivity index (χ1v) is 9.37. The highest BCUT2D eigenvalue weighted by molar-refractivity contribution is 5.94. The maximum absolute atomic E-state index is 13.0. The lowest BCUT2D eigenvalue weighted by Crippen LogP contribution is -2.40. The van der Waals surface area contributed by atoms with Crippen LogP contribution in [-0.2, 0) is 16.0 Å². The van der Waals surface area contributed by atoms with Crippen molar-refractivity contribution in [2.45, 2.75) is 37.6 Å². The van der Waals surface area contributed by atoms with Crippen molar-refractivity contribution in [2.75, 3.05) is 13.2 Å². The maximum atomic E-state index is 13.0. The normalized spacial score (nSPS) is 17.6. The minimum atomic E-state index is -0.560. The number of aliphatic hydroxyl groups is 1. The van der Waals surface area contributed by atoms with Gasteiger partial charge in [0.15, 0.2) is 0 Å². The molecule has 0 radical (unpaired) electrons. The Morgan fingerprint density at radius 3 is 2.44 bits per heavy atom. The van der Waals surface area contributed by atoms with Crippen LogP contribution in [-0.4, -0.2) is 41.3 Å². The van der Waals surface area contributed by atoms with Crippen LogP contribution in [0.15, 0.2) is 60.7 Å². The van der Waals surface area contributed by atoms with Crippen molar-refractivity contribution in [3.05, 3.63) is 71.8 Å². The van der Waals surface area contributed by atoms with Crippen LogP contribution < -0.4 is 0 Å². The standard InChI is InChI=1S/C22H25NO4/c24-13-7-12-19(18-10-5-2-6-11-18)15-21(25)23-20(16-27-22(23)26)14-17-8-3-1-4-9-17/h1-6,8-11,19-20,24H,7,12-16H2/t19-,20-/m0/s1. The minimum absolute atomic E-state index is 0.0309. The van der Waals surface area contributed by atoms with Gasteiger partial charge in [-0.1, -0.05) is 60.7 Å². The highest BCUT2D eigenvalue weighted by Gasteiger charge is 2.38. The van der Waals surface area contributed by atoms with Crippen LogP contribution in [0.1, 0.15) is 36.3 Å². The zero-order chi connectivity index (χ0) is 19.1. The number of carbonyl (C=O) groups is 2. The van der Waals surface area contributed by atoms with E-state index in [2.05, 4.69) is 0 Å². The molecule has 5 nitrogen and oxygen atoms in total. The number of hydrogen-bond donors (Lipinski definition) is 1. The Morgan fingerprint density at radius 1 is 1.11 bits per heavy atom. The van der Waals surface area contributed by atoms with Gasteiger partial charge in [-0.25, -0.2) is 9.69 Å². The van der Waals surface area contributed by atoms with E-state index in [0.717, 1.165) is 11.1 Å². The average molecular weight is 367 g/mol. The lowest BCUT2D eigenvalue weighted by Gasteiger charge is -2.23. The number of aliphatic hydroxyl groups excluding tert-OH is 1. The molecule has 5 heteroatoms. The third-order valence-electron chi connectivity index (χ3n) is 4.95. The van der Waals surface area contributed by atoms with Crippen LogP contribution >= 0.6 is 0 Å². The molecule has 1 saturated heterocycles. The summed E-state index contributed by atoms with van der Waals surface area (Å²) in [5, 5.41) is 9.19. The van der Waals surface area contributed by atoms with Crippen molar-refractivity contribution in [2.24, 2.45) is 0 Å². The zero-order valence-corrected chi connectivity index (χ0v) is 15.3. The van der Waals surface area contributed by atoms with E-state index in [4.69, 9.17) is 4.74 Å². The molecular formula is C22H25NO4. The Labute approximate surface area is 159 Å². The van der Waals surface area contributed by atoms with Gasteiger partial charge in [0.1, 0.15) is 6.61 Å². The summed E-state index contributed by atoms with van der Waals surface area (Å²) in [5.74, 6) is -0.248. The first-order chi connectivity index (χ1) is 13.2.